The Balaban J connectivity index is 0. The van der Waals surface area contributed by atoms with Crippen molar-refractivity contribution >= 4 is 7.28 Å². The summed E-state index contributed by atoms with van der Waals surface area (Å²) < 4.78 is 0. The monoisotopic (exact) mass is 132 g/mol. The zero-order chi connectivity index (χ0) is 5.54. The normalized spacial score (nSPS) is 7.25. The average molecular weight is 132 g/mol. The summed E-state index contributed by atoms with van der Waals surface area (Å²) in [7, 11) is 2.36. The van der Waals surface area contributed by atoms with Crippen LogP contribution in [0.3, 0.4) is 0 Å². The Bertz CT molecular complexity index is 27.7. The SMILES string of the molecule is CCC[B+]CCC.[Cl-]. The zero-order valence-corrected chi connectivity index (χ0v) is 6.54. The van der Waals surface area contributed by atoms with E-state index in [0.717, 1.165) is 0 Å². The second kappa shape index (κ2) is 10.4. The Morgan fingerprint density at radius 2 is 1.38 bits per heavy atom. The minimum atomic E-state index is 0. The topological polar surface area (TPSA) is 0 Å². The second-order valence-electron chi connectivity index (χ2n) is 1.87. The van der Waals surface area contributed by atoms with E-state index in [1.54, 1.807) is 0 Å². The summed E-state index contributed by atoms with van der Waals surface area (Å²) in [6, 6.07) is 0. The van der Waals surface area contributed by atoms with E-state index in [9.17, 15) is 0 Å². The van der Waals surface area contributed by atoms with Crippen LogP contribution in [-0.4, -0.2) is 7.28 Å². The molecule has 0 unspecified atom stereocenters. The molecule has 0 N–H and O–H groups in total. The molecule has 0 aromatic carbocycles. The van der Waals surface area contributed by atoms with E-state index in [1.807, 2.05) is 0 Å². The summed E-state index contributed by atoms with van der Waals surface area (Å²) in [6.07, 6.45) is 5.21. The predicted molar refractivity (Wildman–Crippen MR) is 35.9 cm³/mol. The van der Waals surface area contributed by atoms with Crippen LogP contribution in [0.1, 0.15) is 26.7 Å². The molecule has 0 aromatic heterocycles. The van der Waals surface area contributed by atoms with Crippen LogP contribution in [0.25, 0.3) is 0 Å². The first-order valence-electron chi connectivity index (χ1n) is 3.23. The van der Waals surface area contributed by atoms with E-state index in [4.69, 9.17) is 0 Å². The van der Waals surface area contributed by atoms with Crippen molar-refractivity contribution < 1.29 is 12.4 Å². The van der Waals surface area contributed by atoms with E-state index in [-0.39, 0.29) is 12.4 Å². The molecule has 2 heteroatoms. The van der Waals surface area contributed by atoms with Crippen LogP contribution in [-0.2, 0) is 0 Å². The summed E-state index contributed by atoms with van der Waals surface area (Å²) in [4.78, 5) is 0. The first-order chi connectivity index (χ1) is 3.41. The molecule has 0 aliphatic carbocycles. The van der Waals surface area contributed by atoms with E-state index >= 15 is 0 Å². The van der Waals surface area contributed by atoms with Crippen LogP contribution >= 0.6 is 0 Å². The van der Waals surface area contributed by atoms with Gasteiger partial charge in [-0.1, -0.05) is 0 Å². The quantitative estimate of drug-likeness (QED) is 0.352. The fraction of sp³-hybridized carbons (Fsp3) is 1.00. The Labute approximate surface area is 59.7 Å². The third-order valence-electron chi connectivity index (χ3n) is 0.986. The molecule has 0 saturated carbocycles. The molecular weight excluding hydrogens is 118 g/mol. The summed E-state index contributed by atoms with van der Waals surface area (Å²) >= 11 is 0. The minimum absolute atomic E-state index is 0. The summed E-state index contributed by atoms with van der Waals surface area (Å²) in [5.74, 6) is 0. The van der Waals surface area contributed by atoms with Gasteiger partial charge in [-0.25, -0.2) is 0 Å². The molecule has 0 aliphatic heterocycles. The van der Waals surface area contributed by atoms with E-state index in [1.165, 1.54) is 25.5 Å². The molecule has 0 nitrogen and oxygen atoms in total. The van der Waals surface area contributed by atoms with Gasteiger partial charge in [-0.2, -0.15) is 0 Å². The van der Waals surface area contributed by atoms with Gasteiger partial charge < -0.3 is 12.4 Å². The molecule has 0 spiro atoms. The Kier molecular flexibility index (Phi) is 14.5. The first-order valence-corrected chi connectivity index (χ1v) is 3.23. The molecule has 0 saturated heterocycles. The van der Waals surface area contributed by atoms with Crippen molar-refractivity contribution in [3.63, 3.8) is 0 Å². The second-order valence-corrected chi connectivity index (χ2v) is 1.87. The van der Waals surface area contributed by atoms with Gasteiger partial charge in [0.05, 0.1) is 0 Å². The van der Waals surface area contributed by atoms with Gasteiger partial charge in [-0.05, 0) is 0 Å². The predicted octanol–water partition coefficient (Wildman–Crippen LogP) is -0.649. The van der Waals surface area contributed by atoms with Crippen molar-refractivity contribution in [1.29, 1.82) is 0 Å². The van der Waals surface area contributed by atoms with E-state index in [0.29, 0.717) is 0 Å². The van der Waals surface area contributed by atoms with Gasteiger partial charge >= 0.3 is 46.6 Å². The van der Waals surface area contributed by atoms with Crippen molar-refractivity contribution in [2.75, 3.05) is 0 Å². The number of rotatable bonds is 4. The van der Waals surface area contributed by atoms with Gasteiger partial charge in [0.25, 0.3) is 0 Å². The third-order valence-corrected chi connectivity index (χ3v) is 0.986. The van der Waals surface area contributed by atoms with Crippen molar-refractivity contribution in [2.24, 2.45) is 0 Å². The fourth-order valence-corrected chi connectivity index (χ4v) is 0.553. The number of hydrogen-bond acceptors (Lipinski definition) is 0. The van der Waals surface area contributed by atoms with Gasteiger partial charge in [0.2, 0.25) is 0 Å². The molecule has 0 bridgehead atoms. The van der Waals surface area contributed by atoms with Crippen LogP contribution < -0.4 is 12.4 Å². The van der Waals surface area contributed by atoms with Crippen molar-refractivity contribution in [3.8, 4) is 0 Å². The van der Waals surface area contributed by atoms with Crippen molar-refractivity contribution in [3.05, 3.63) is 0 Å². The van der Waals surface area contributed by atoms with Crippen LogP contribution in [0.5, 0.6) is 0 Å². The van der Waals surface area contributed by atoms with Gasteiger partial charge in [0, 0.05) is 0 Å². The molecule has 8 heavy (non-hydrogen) atoms. The molecule has 0 atom stereocenters. The average Bonchev–Trinajstić information content (AvgIpc) is 1.69. The largest absolute Gasteiger partial charge is 1.00 e. The van der Waals surface area contributed by atoms with Crippen molar-refractivity contribution in [1.82, 2.24) is 0 Å². The van der Waals surface area contributed by atoms with Gasteiger partial charge in [0.15, 0.2) is 0 Å². The van der Waals surface area contributed by atoms with Crippen LogP contribution in [0.2, 0.25) is 12.6 Å². The van der Waals surface area contributed by atoms with Crippen LogP contribution in [0.15, 0.2) is 0 Å². The van der Waals surface area contributed by atoms with E-state index < -0.39 is 0 Å². The molecule has 0 radical (unpaired) electrons. The van der Waals surface area contributed by atoms with Crippen molar-refractivity contribution in [2.45, 2.75) is 39.3 Å². The molecule has 0 aromatic rings. The van der Waals surface area contributed by atoms with Crippen LogP contribution in [0.4, 0.5) is 0 Å². The maximum atomic E-state index is 2.36. The maximum absolute atomic E-state index is 2.36. The molecule has 0 rings (SSSR count). The molecule has 0 aliphatic rings. The number of halogens is 1. The fourth-order valence-electron chi connectivity index (χ4n) is 0.553. The van der Waals surface area contributed by atoms with E-state index in [2.05, 4.69) is 21.1 Å². The Morgan fingerprint density at radius 3 is 1.62 bits per heavy atom. The number of hydrogen-bond donors (Lipinski definition) is 0. The first kappa shape index (κ1) is 11.2. The molecular formula is C6H14BCl. The smallest absolute Gasteiger partial charge is 1.00 e. The standard InChI is InChI=1S/C6H14B.ClH/c1-3-5-7-6-4-2;/h3-6H2,1-2H3;1H/q+1;/p-1. The Hall–Kier alpha value is 0.355. The minimum Gasteiger partial charge on any atom is -1.00 e. The zero-order valence-electron chi connectivity index (χ0n) is 5.78. The summed E-state index contributed by atoms with van der Waals surface area (Å²) in [6.45, 7) is 4.43. The van der Waals surface area contributed by atoms with Gasteiger partial charge in [0.1, 0.15) is 0 Å². The Morgan fingerprint density at radius 1 is 1.00 bits per heavy atom. The van der Waals surface area contributed by atoms with Crippen LogP contribution in [0, 0.1) is 0 Å². The summed E-state index contributed by atoms with van der Waals surface area (Å²) in [5.41, 5.74) is 0. The molecule has 0 amide bonds. The van der Waals surface area contributed by atoms with Gasteiger partial charge in [-0.3, -0.25) is 0 Å². The summed E-state index contributed by atoms with van der Waals surface area (Å²) in [5, 5.41) is 0. The third kappa shape index (κ3) is 9.61. The maximum Gasteiger partial charge on any atom is -1.00 e. The van der Waals surface area contributed by atoms with Gasteiger partial charge in [-0.15, -0.1) is 0 Å². The molecule has 0 fully saturated rings. The molecule has 0 heterocycles. The molecule has 48 valence electrons.